The fourth-order valence-corrected chi connectivity index (χ4v) is 5.50. The van der Waals surface area contributed by atoms with Crippen LogP contribution >= 0.6 is 11.6 Å². The summed E-state index contributed by atoms with van der Waals surface area (Å²) in [5.41, 5.74) is 1.80. The lowest BCUT2D eigenvalue weighted by Gasteiger charge is -2.36. The van der Waals surface area contributed by atoms with Crippen molar-refractivity contribution in [1.82, 2.24) is 9.80 Å². The summed E-state index contributed by atoms with van der Waals surface area (Å²) in [6.45, 7) is 4.91. The number of piperazine rings is 1. The van der Waals surface area contributed by atoms with Gasteiger partial charge in [0.05, 0.1) is 17.8 Å². The molecule has 0 aliphatic carbocycles. The molecular weight excluding hydrogens is 471 g/mol. The number of sulfonamides is 1. The van der Waals surface area contributed by atoms with E-state index in [2.05, 4.69) is 9.80 Å². The minimum absolute atomic E-state index is 0.0266. The van der Waals surface area contributed by atoms with Crippen LogP contribution in [0.3, 0.4) is 0 Å². The number of nitrogens with two attached hydrogens (primary N) is 1. The highest BCUT2D eigenvalue weighted by atomic mass is 35.5. The standard InChI is InChI=1S/C22H26ClFN4O4S/c1-32-20-4-3-16(24)12-19(20)27-9-7-26(8-10-27)5-2-6-28-14-15-11-18(23)21(33(25,30)31)13-17(15)22(28)29/h3-4,11-13H,2,5-10,14H2,1H3,(H2,25,30,31). The third-order valence-corrected chi connectivity index (χ3v) is 7.47. The normalized spacial score (nSPS) is 16.9. The first-order valence-corrected chi connectivity index (χ1v) is 12.5. The van der Waals surface area contributed by atoms with Crippen LogP contribution in [-0.4, -0.2) is 70.5 Å². The van der Waals surface area contributed by atoms with Gasteiger partial charge in [0.2, 0.25) is 10.0 Å². The zero-order valence-electron chi connectivity index (χ0n) is 18.3. The summed E-state index contributed by atoms with van der Waals surface area (Å²) in [5.74, 6) is 0.152. The predicted octanol–water partition coefficient (Wildman–Crippen LogP) is 2.30. The molecule has 33 heavy (non-hydrogen) atoms. The number of carbonyl (C=O) groups is 1. The number of carbonyl (C=O) groups excluding carboxylic acids is 1. The molecule has 1 saturated heterocycles. The molecule has 0 unspecified atom stereocenters. The van der Waals surface area contributed by atoms with E-state index < -0.39 is 10.0 Å². The fraction of sp³-hybridized carbons (Fsp3) is 0.409. The lowest BCUT2D eigenvalue weighted by Crippen LogP contribution is -2.47. The molecule has 2 aromatic rings. The van der Waals surface area contributed by atoms with Crippen LogP contribution in [0.25, 0.3) is 0 Å². The van der Waals surface area contributed by atoms with Gasteiger partial charge < -0.3 is 14.5 Å². The smallest absolute Gasteiger partial charge is 0.254 e. The number of methoxy groups -OCH3 is 1. The van der Waals surface area contributed by atoms with E-state index in [0.717, 1.165) is 44.8 Å². The summed E-state index contributed by atoms with van der Waals surface area (Å²) in [6.07, 6.45) is 0.777. The SMILES string of the molecule is COc1ccc(F)cc1N1CCN(CCCN2Cc3cc(Cl)c(S(N)(=O)=O)cc3C2=O)CC1. The molecule has 2 aromatic carbocycles. The zero-order valence-corrected chi connectivity index (χ0v) is 19.8. The minimum atomic E-state index is -4.00. The molecule has 178 valence electrons. The highest BCUT2D eigenvalue weighted by Gasteiger charge is 2.30. The van der Waals surface area contributed by atoms with Crippen molar-refractivity contribution in [2.75, 3.05) is 51.3 Å². The highest BCUT2D eigenvalue weighted by Crippen LogP contribution is 2.31. The summed E-state index contributed by atoms with van der Waals surface area (Å²) in [6, 6.07) is 7.31. The molecule has 1 fully saturated rings. The molecule has 0 bridgehead atoms. The van der Waals surface area contributed by atoms with Gasteiger partial charge in [-0.05, 0) is 42.8 Å². The van der Waals surface area contributed by atoms with Crippen molar-refractivity contribution < 1.29 is 22.3 Å². The van der Waals surface area contributed by atoms with Crippen molar-refractivity contribution in [3.63, 3.8) is 0 Å². The summed E-state index contributed by atoms with van der Waals surface area (Å²) in [4.78, 5) is 18.6. The van der Waals surface area contributed by atoms with Gasteiger partial charge in [0.1, 0.15) is 16.5 Å². The maximum Gasteiger partial charge on any atom is 0.254 e. The van der Waals surface area contributed by atoms with Crippen LogP contribution < -0.4 is 14.8 Å². The van der Waals surface area contributed by atoms with Crippen molar-refractivity contribution in [2.24, 2.45) is 5.14 Å². The zero-order chi connectivity index (χ0) is 23.8. The molecule has 2 aliphatic rings. The second-order valence-corrected chi connectivity index (χ2v) is 10.1. The maximum atomic E-state index is 13.7. The summed E-state index contributed by atoms with van der Waals surface area (Å²) >= 11 is 6.05. The molecule has 0 atom stereocenters. The number of hydrogen-bond acceptors (Lipinski definition) is 6. The van der Waals surface area contributed by atoms with Gasteiger partial charge in [-0.3, -0.25) is 9.69 Å². The number of anilines is 1. The van der Waals surface area contributed by atoms with Crippen LogP contribution in [0, 0.1) is 5.82 Å². The van der Waals surface area contributed by atoms with Gasteiger partial charge in [0.15, 0.2) is 0 Å². The topological polar surface area (TPSA) is 96.2 Å². The van der Waals surface area contributed by atoms with E-state index in [-0.39, 0.29) is 21.6 Å². The van der Waals surface area contributed by atoms with E-state index in [0.29, 0.717) is 30.0 Å². The minimum Gasteiger partial charge on any atom is -0.495 e. The molecular formula is C22H26ClFN4O4S. The van der Waals surface area contributed by atoms with Crippen molar-refractivity contribution in [3.05, 3.63) is 52.3 Å². The Labute approximate surface area is 197 Å². The first-order valence-electron chi connectivity index (χ1n) is 10.6. The lowest BCUT2D eigenvalue weighted by atomic mass is 10.1. The number of hydrogen-bond donors (Lipinski definition) is 1. The largest absolute Gasteiger partial charge is 0.495 e. The van der Waals surface area contributed by atoms with Crippen LogP contribution in [0.1, 0.15) is 22.3 Å². The predicted molar refractivity (Wildman–Crippen MR) is 124 cm³/mol. The fourth-order valence-electron chi connectivity index (χ4n) is 4.38. The Morgan fingerprint density at radius 1 is 1.12 bits per heavy atom. The van der Waals surface area contributed by atoms with Gasteiger partial charge in [0, 0.05) is 50.9 Å². The van der Waals surface area contributed by atoms with Crippen LogP contribution in [0.5, 0.6) is 5.75 Å². The molecule has 2 heterocycles. The van der Waals surface area contributed by atoms with Crippen molar-refractivity contribution >= 4 is 33.2 Å². The number of ether oxygens (including phenoxy) is 1. The van der Waals surface area contributed by atoms with Crippen molar-refractivity contribution in [2.45, 2.75) is 17.9 Å². The molecule has 11 heteroatoms. The van der Waals surface area contributed by atoms with Gasteiger partial charge in [-0.2, -0.15) is 0 Å². The van der Waals surface area contributed by atoms with Gasteiger partial charge in [-0.25, -0.2) is 17.9 Å². The van der Waals surface area contributed by atoms with Gasteiger partial charge in [-0.15, -0.1) is 0 Å². The Hall–Kier alpha value is -2.40. The van der Waals surface area contributed by atoms with Crippen molar-refractivity contribution in [3.8, 4) is 5.75 Å². The molecule has 8 nitrogen and oxygen atoms in total. The first-order chi connectivity index (χ1) is 15.7. The lowest BCUT2D eigenvalue weighted by molar-refractivity contribution is 0.0770. The maximum absolute atomic E-state index is 13.7. The average molecular weight is 497 g/mol. The summed E-state index contributed by atoms with van der Waals surface area (Å²) in [7, 11) is -2.42. The molecule has 0 aromatic heterocycles. The molecule has 0 spiro atoms. The Morgan fingerprint density at radius 2 is 1.85 bits per heavy atom. The van der Waals surface area contributed by atoms with Gasteiger partial charge in [-0.1, -0.05) is 11.6 Å². The average Bonchev–Trinajstić information content (AvgIpc) is 3.07. The van der Waals surface area contributed by atoms with Crippen LogP contribution in [-0.2, 0) is 16.6 Å². The highest BCUT2D eigenvalue weighted by molar-refractivity contribution is 7.89. The van der Waals surface area contributed by atoms with Gasteiger partial charge in [0.25, 0.3) is 5.91 Å². The van der Waals surface area contributed by atoms with E-state index >= 15 is 0 Å². The number of nitrogens with zero attached hydrogens (tertiary/aromatic N) is 3. The number of amides is 1. The van der Waals surface area contributed by atoms with E-state index in [1.807, 2.05) is 0 Å². The number of rotatable bonds is 7. The molecule has 4 rings (SSSR count). The Morgan fingerprint density at radius 3 is 2.52 bits per heavy atom. The Balaban J connectivity index is 1.29. The van der Waals surface area contributed by atoms with E-state index in [9.17, 15) is 17.6 Å². The molecule has 1 amide bonds. The van der Waals surface area contributed by atoms with Crippen molar-refractivity contribution in [1.29, 1.82) is 0 Å². The summed E-state index contributed by atoms with van der Waals surface area (Å²) < 4.78 is 42.4. The number of benzene rings is 2. The molecule has 2 N–H and O–H groups in total. The molecule has 2 aliphatic heterocycles. The van der Waals surface area contributed by atoms with Crippen LogP contribution in [0.4, 0.5) is 10.1 Å². The third kappa shape index (κ3) is 5.08. The van der Waals surface area contributed by atoms with E-state index in [4.69, 9.17) is 21.5 Å². The Bertz CT molecular complexity index is 1170. The number of halogens is 2. The number of fused-ring (bicyclic) bond motifs is 1. The van der Waals surface area contributed by atoms with Crippen LogP contribution in [0.15, 0.2) is 35.2 Å². The third-order valence-electron chi connectivity index (χ3n) is 6.10. The van der Waals surface area contributed by atoms with Crippen LogP contribution in [0.2, 0.25) is 5.02 Å². The van der Waals surface area contributed by atoms with E-state index in [1.54, 1.807) is 18.1 Å². The monoisotopic (exact) mass is 496 g/mol. The quantitative estimate of drug-likeness (QED) is 0.632. The second-order valence-electron chi connectivity index (χ2n) is 8.21. The summed E-state index contributed by atoms with van der Waals surface area (Å²) in [5, 5.41) is 5.22. The Kier molecular flexibility index (Phi) is 6.81. The van der Waals surface area contributed by atoms with E-state index in [1.165, 1.54) is 24.3 Å². The first kappa shape index (κ1) is 23.7. The number of primary sulfonamides is 1. The second kappa shape index (κ2) is 9.46. The molecule has 0 radical (unpaired) electrons. The molecule has 0 saturated carbocycles. The van der Waals surface area contributed by atoms with Gasteiger partial charge >= 0.3 is 0 Å².